The van der Waals surface area contributed by atoms with Crippen LogP contribution in [0.3, 0.4) is 0 Å². The lowest BCUT2D eigenvalue weighted by Crippen LogP contribution is -3.13. The lowest BCUT2D eigenvalue weighted by molar-refractivity contribution is -0.917. The van der Waals surface area contributed by atoms with Gasteiger partial charge in [-0.05, 0) is 29.7 Å². The molecule has 3 nitrogen and oxygen atoms in total. The van der Waals surface area contributed by atoms with Crippen molar-refractivity contribution in [2.24, 2.45) is 0 Å². The fourth-order valence-electron chi connectivity index (χ4n) is 3.09. The smallest absolute Gasteiger partial charge is 0.279 e. The molecule has 0 bridgehead atoms. The van der Waals surface area contributed by atoms with Gasteiger partial charge in [0.15, 0.2) is 6.54 Å². The van der Waals surface area contributed by atoms with E-state index in [9.17, 15) is 9.18 Å². The van der Waals surface area contributed by atoms with Crippen LogP contribution in [0.4, 0.5) is 10.1 Å². The number of benzene rings is 2. The maximum Gasteiger partial charge on any atom is 0.279 e. The summed E-state index contributed by atoms with van der Waals surface area (Å²) in [7, 11) is 0. The molecule has 0 spiro atoms. The van der Waals surface area contributed by atoms with Gasteiger partial charge in [0.05, 0.1) is 6.04 Å². The van der Waals surface area contributed by atoms with E-state index in [0.29, 0.717) is 30.6 Å². The van der Waals surface area contributed by atoms with Crippen LogP contribution in [0.5, 0.6) is 0 Å². The van der Waals surface area contributed by atoms with E-state index in [2.05, 4.69) is 19.2 Å². The molecule has 2 aromatic rings. The Balaban J connectivity index is 1.60. The Bertz CT molecular complexity index is 723. The summed E-state index contributed by atoms with van der Waals surface area (Å²) in [5, 5.41) is 2.97. The van der Waals surface area contributed by atoms with Gasteiger partial charge in [-0.1, -0.05) is 44.2 Å². The number of carbonyl (C=O) groups is 1. The summed E-state index contributed by atoms with van der Waals surface area (Å²) in [4.78, 5) is 13.6. The lowest BCUT2D eigenvalue weighted by atomic mass is 10.0. The molecule has 0 aromatic heterocycles. The third kappa shape index (κ3) is 4.89. The van der Waals surface area contributed by atoms with Crippen LogP contribution in [0.1, 0.15) is 43.7 Å². The second-order valence-corrected chi connectivity index (χ2v) is 7.20. The number of halogens is 1. The number of anilines is 1. The Hall–Kier alpha value is -2.20. The van der Waals surface area contributed by atoms with E-state index >= 15 is 0 Å². The van der Waals surface area contributed by atoms with Crippen LogP contribution in [-0.4, -0.2) is 18.5 Å². The Morgan fingerprint density at radius 3 is 2.44 bits per heavy atom. The SMILES string of the molecule is CC(C)c1ccc(NC(=O)C[NH+](Cc2ccccc2F)C2CC2)cc1. The largest absolute Gasteiger partial charge is 0.321 e. The van der Waals surface area contributed by atoms with Crippen molar-refractivity contribution in [3.8, 4) is 0 Å². The predicted octanol–water partition coefficient (Wildman–Crippen LogP) is 3.14. The molecule has 1 aliphatic carbocycles. The van der Waals surface area contributed by atoms with Gasteiger partial charge in [-0.3, -0.25) is 4.79 Å². The molecule has 0 aliphatic heterocycles. The highest BCUT2D eigenvalue weighted by atomic mass is 19.1. The van der Waals surface area contributed by atoms with Crippen molar-refractivity contribution in [1.82, 2.24) is 0 Å². The number of quaternary nitrogens is 1. The molecular formula is C21H26FN2O+. The van der Waals surface area contributed by atoms with E-state index < -0.39 is 0 Å². The molecular weight excluding hydrogens is 315 g/mol. The van der Waals surface area contributed by atoms with E-state index in [0.717, 1.165) is 23.4 Å². The number of amides is 1. The molecule has 3 rings (SSSR count). The zero-order chi connectivity index (χ0) is 17.8. The van der Waals surface area contributed by atoms with Crippen molar-refractivity contribution in [2.75, 3.05) is 11.9 Å². The van der Waals surface area contributed by atoms with Gasteiger partial charge in [0.25, 0.3) is 5.91 Å². The molecule has 25 heavy (non-hydrogen) atoms. The number of nitrogens with one attached hydrogen (secondary N) is 2. The van der Waals surface area contributed by atoms with Gasteiger partial charge in [-0.25, -0.2) is 4.39 Å². The summed E-state index contributed by atoms with van der Waals surface area (Å²) in [6, 6.07) is 15.3. The molecule has 0 radical (unpaired) electrons. The molecule has 1 fully saturated rings. The average molecular weight is 341 g/mol. The van der Waals surface area contributed by atoms with Crippen molar-refractivity contribution >= 4 is 11.6 Å². The predicted molar refractivity (Wildman–Crippen MR) is 98.1 cm³/mol. The number of carbonyl (C=O) groups excluding carboxylic acids is 1. The summed E-state index contributed by atoms with van der Waals surface area (Å²) in [6.07, 6.45) is 2.22. The highest BCUT2D eigenvalue weighted by Crippen LogP contribution is 2.18. The average Bonchev–Trinajstić information content (AvgIpc) is 3.41. The van der Waals surface area contributed by atoms with Gasteiger partial charge in [-0.15, -0.1) is 0 Å². The summed E-state index contributed by atoms with van der Waals surface area (Å²) in [5.74, 6) is 0.265. The van der Waals surface area contributed by atoms with Crippen LogP contribution < -0.4 is 10.2 Å². The first-order chi connectivity index (χ1) is 12.0. The molecule has 2 aromatic carbocycles. The maximum absolute atomic E-state index is 13.9. The summed E-state index contributed by atoms with van der Waals surface area (Å²) >= 11 is 0. The van der Waals surface area contributed by atoms with Crippen LogP contribution in [0.2, 0.25) is 0 Å². The van der Waals surface area contributed by atoms with Crippen LogP contribution in [-0.2, 0) is 11.3 Å². The first kappa shape index (κ1) is 17.6. The van der Waals surface area contributed by atoms with Crippen LogP contribution in [0, 0.1) is 5.82 Å². The van der Waals surface area contributed by atoms with Gasteiger partial charge < -0.3 is 10.2 Å². The summed E-state index contributed by atoms with van der Waals surface area (Å²) in [5.41, 5.74) is 2.75. The third-order valence-electron chi connectivity index (χ3n) is 4.78. The number of rotatable bonds is 7. The number of hydrogen-bond acceptors (Lipinski definition) is 1. The number of hydrogen-bond donors (Lipinski definition) is 2. The topological polar surface area (TPSA) is 33.5 Å². The minimum absolute atomic E-state index is 0.0180. The van der Waals surface area contributed by atoms with Crippen molar-refractivity contribution in [3.63, 3.8) is 0 Å². The van der Waals surface area contributed by atoms with E-state index in [1.54, 1.807) is 12.1 Å². The molecule has 1 atom stereocenters. The molecule has 0 heterocycles. The Labute approximate surface area is 148 Å². The maximum atomic E-state index is 13.9. The first-order valence-corrected chi connectivity index (χ1v) is 9.00. The van der Waals surface area contributed by atoms with Crippen molar-refractivity contribution in [2.45, 2.75) is 45.2 Å². The van der Waals surface area contributed by atoms with E-state index in [4.69, 9.17) is 0 Å². The van der Waals surface area contributed by atoms with Gasteiger partial charge in [0.2, 0.25) is 0 Å². The fourth-order valence-corrected chi connectivity index (χ4v) is 3.09. The van der Waals surface area contributed by atoms with E-state index in [1.165, 1.54) is 11.6 Å². The van der Waals surface area contributed by atoms with Crippen LogP contribution >= 0.6 is 0 Å². The molecule has 4 heteroatoms. The van der Waals surface area contributed by atoms with Crippen molar-refractivity contribution < 1.29 is 14.1 Å². The van der Waals surface area contributed by atoms with Gasteiger partial charge in [0.1, 0.15) is 12.4 Å². The van der Waals surface area contributed by atoms with Gasteiger partial charge in [-0.2, -0.15) is 0 Å². The summed E-state index contributed by atoms with van der Waals surface area (Å²) < 4.78 is 13.9. The van der Waals surface area contributed by atoms with Crippen molar-refractivity contribution in [1.29, 1.82) is 0 Å². The van der Waals surface area contributed by atoms with Gasteiger partial charge >= 0.3 is 0 Å². The van der Waals surface area contributed by atoms with Crippen LogP contribution in [0.15, 0.2) is 48.5 Å². The Morgan fingerprint density at radius 2 is 1.84 bits per heavy atom. The first-order valence-electron chi connectivity index (χ1n) is 9.00. The molecule has 132 valence electrons. The second-order valence-electron chi connectivity index (χ2n) is 7.20. The molecule has 1 saturated carbocycles. The summed E-state index contributed by atoms with van der Waals surface area (Å²) in [6.45, 7) is 5.21. The molecule has 1 unspecified atom stereocenters. The monoisotopic (exact) mass is 341 g/mol. The van der Waals surface area contributed by atoms with Crippen molar-refractivity contribution in [3.05, 3.63) is 65.5 Å². The Morgan fingerprint density at radius 1 is 1.16 bits per heavy atom. The zero-order valence-electron chi connectivity index (χ0n) is 14.9. The minimum atomic E-state index is -0.190. The lowest BCUT2D eigenvalue weighted by Gasteiger charge is -2.19. The normalized spacial score (nSPS) is 15.2. The van der Waals surface area contributed by atoms with E-state index in [-0.39, 0.29) is 11.7 Å². The standard InChI is InChI=1S/C21H25FN2O/c1-15(2)16-7-9-18(10-8-16)23-21(25)14-24(19-11-12-19)13-17-5-3-4-6-20(17)22/h3-10,15,19H,11-14H2,1-2H3,(H,23,25)/p+1. The molecule has 2 N–H and O–H groups in total. The van der Waals surface area contributed by atoms with E-state index in [1.807, 2.05) is 30.3 Å². The highest BCUT2D eigenvalue weighted by molar-refractivity contribution is 5.91. The second kappa shape index (κ2) is 7.79. The van der Waals surface area contributed by atoms with Crippen LogP contribution in [0.25, 0.3) is 0 Å². The Kier molecular flexibility index (Phi) is 5.49. The zero-order valence-corrected chi connectivity index (χ0v) is 14.9. The molecule has 0 saturated heterocycles. The minimum Gasteiger partial charge on any atom is -0.321 e. The molecule has 1 amide bonds. The molecule has 1 aliphatic rings. The fraction of sp³-hybridized carbons (Fsp3) is 0.381. The highest BCUT2D eigenvalue weighted by Gasteiger charge is 2.35. The van der Waals surface area contributed by atoms with Gasteiger partial charge in [0, 0.05) is 24.1 Å². The quantitative estimate of drug-likeness (QED) is 0.797. The third-order valence-corrected chi connectivity index (χ3v) is 4.78.